The lowest BCUT2D eigenvalue weighted by atomic mass is 9.99. The first-order chi connectivity index (χ1) is 9.24. The zero-order chi connectivity index (χ0) is 13.2. The molecule has 1 saturated heterocycles. The van der Waals surface area contributed by atoms with Crippen LogP contribution in [0.15, 0.2) is 42.5 Å². The Kier molecular flexibility index (Phi) is 3.34. The predicted octanol–water partition coefficient (Wildman–Crippen LogP) is 3.57. The molecular formula is C17H19NO. The van der Waals surface area contributed by atoms with Gasteiger partial charge in [0.15, 0.2) is 0 Å². The van der Waals surface area contributed by atoms with E-state index in [4.69, 9.17) is 0 Å². The van der Waals surface area contributed by atoms with Gasteiger partial charge in [-0.1, -0.05) is 36.4 Å². The normalized spacial score (nSPS) is 18.7. The molecule has 0 saturated carbocycles. The highest BCUT2D eigenvalue weighted by molar-refractivity contribution is 5.83. The van der Waals surface area contributed by atoms with Crippen molar-refractivity contribution in [1.82, 2.24) is 4.90 Å². The molecule has 0 amide bonds. The van der Waals surface area contributed by atoms with Crippen molar-refractivity contribution in [2.45, 2.75) is 25.8 Å². The van der Waals surface area contributed by atoms with Crippen molar-refractivity contribution in [3.63, 3.8) is 0 Å². The van der Waals surface area contributed by atoms with Crippen LogP contribution in [0.4, 0.5) is 0 Å². The summed E-state index contributed by atoms with van der Waals surface area (Å²) in [5.74, 6) is 0.405. The minimum Gasteiger partial charge on any atom is -0.300 e. The lowest BCUT2D eigenvalue weighted by Gasteiger charge is -2.32. The fourth-order valence-corrected chi connectivity index (χ4v) is 2.84. The molecule has 0 bridgehead atoms. The number of ketones is 1. The molecule has 1 aliphatic rings. The Balaban J connectivity index is 1.84. The standard InChI is InChI=1S/C17H19NO/c1-13(18-10-8-17(19)9-11-18)15-7-6-14-4-2-3-5-16(14)12-15/h2-7,12-13H,8-11H2,1H3. The van der Waals surface area contributed by atoms with Gasteiger partial charge in [-0.15, -0.1) is 0 Å². The second-order valence-electron chi connectivity index (χ2n) is 5.36. The highest BCUT2D eigenvalue weighted by Gasteiger charge is 2.21. The van der Waals surface area contributed by atoms with Crippen molar-refractivity contribution >= 4 is 16.6 Å². The fourth-order valence-electron chi connectivity index (χ4n) is 2.84. The van der Waals surface area contributed by atoms with Gasteiger partial charge in [0.05, 0.1) is 0 Å². The monoisotopic (exact) mass is 253 g/mol. The van der Waals surface area contributed by atoms with E-state index in [2.05, 4.69) is 54.3 Å². The van der Waals surface area contributed by atoms with Crippen LogP contribution in [0.3, 0.4) is 0 Å². The topological polar surface area (TPSA) is 20.3 Å². The van der Waals surface area contributed by atoms with Gasteiger partial charge in [-0.05, 0) is 29.3 Å². The van der Waals surface area contributed by atoms with Crippen LogP contribution in [0.2, 0.25) is 0 Å². The Morgan fingerprint density at radius 3 is 2.42 bits per heavy atom. The Morgan fingerprint density at radius 1 is 1.00 bits per heavy atom. The molecule has 0 radical (unpaired) electrons. The predicted molar refractivity (Wildman–Crippen MR) is 78.2 cm³/mol. The van der Waals surface area contributed by atoms with Gasteiger partial charge in [-0.25, -0.2) is 0 Å². The average Bonchev–Trinajstić information content (AvgIpc) is 2.47. The molecule has 0 aromatic heterocycles. The minimum atomic E-state index is 0.387. The van der Waals surface area contributed by atoms with E-state index in [9.17, 15) is 4.79 Å². The number of rotatable bonds is 2. The molecule has 2 nitrogen and oxygen atoms in total. The maximum atomic E-state index is 11.3. The summed E-state index contributed by atoms with van der Waals surface area (Å²) in [6.07, 6.45) is 1.41. The third kappa shape index (κ3) is 2.54. The summed E-state index contributed by atoms with van der Waals surface area (Å²) in [6, 6.07) is 15.5. The Morgan fingerprint density at radius 2 is 1.68 bits per heavy atom. The molecule has 2 aromatic carbocycles. The molecule has 1 aliphatic heterocycles. The van der Waals surface area contributed by atoms with Crippen molar-refractivity contribution in [1.29, 1.82) is 0 Å². The number of carbonyl (C=O) groups is 1. The first kappa shape index (κ1) is 12.4. The summed E-state index contributed by atoms with van der Waals surface area (Å²) in [5.41, 5.74) is 1.34. The molecule has 98 valence electrons. The number of hydrogen-bond donors (Lipinski definition) is 0. The molecule has 1 heterocycles. The molecule has 2 heteroatoms. The first-order valence-corrected chi connectivity index (χ1v) is 6.98. The van der Waals surface area contributed by atoms with E-state index in [1.54, 1.807) is 0 Å². The fraction of sp³-hybridized carbons (Fsp3) is 0.353. The van der Waals surface area contributed by atoms with Gasteiger partial charge < -0.3 is 0 Å². The van der Waals surface area contributed by atoms with Gasteiger partial charge in [-0.2, -0.15) is 0 Å². The van der Waals surface area contributed by atoms with E-state index in [0.717, 1.165) is 13.1 Å². The lowest BCUT2D eigenvalue weighted by molar-refractivity contribution is -0.121. The molecule has 0 spiro atoms. The zero-order valence-electron chi connectivity index (χ0n) is 11.3. The van der Waals surface area contributed by atoms with Crippen molar-refractivity contribution in [3.05, 3.63) is 48.0 Å². The third-order valence-corrected chi connectivity index (χ3v) is 4.16. The molecule has 2 aromatic rings. The van der Waals surface area contributed by atoms with E-state index in [1.165, 1.54) is 16.3 Å². The number of carbonyl (C=O) groups excluding carboxylic acids is 1. The van der Waals surface area contributed by atoms with E-state index in [1.807, 2.05) is 0 Å². The highest BCUT2D eigenvalue weighted by Crippen LogP contribution is 2.26. The van der Waals surface area contributed by atoms with Crippen LogP contribution in [-0.4, -0.2) is 23.8 Å². The van der Waals surface area contributed by atoms with Gasteiger partial charge in [0, 0.05) is 32.0 Å². The van der Waals surface area contributed by atoms with E-state index in [-0.39, 0.29) is 0 Å². The SMILES string of the molecule is CC(c1ccc2ccccc2c1)N1CCC(=O)CC1. The van der Waals surface area contributed by atoms with Gasteiger partial charge in [0.2, 0.25) is 0 Å². The summed E-state index contributed by atoms with van der Waals surface area (Å²) in [5, 5.41) is 2.58. The molecule has 0 N–H and O–H groups in total. The lowest BCUT2D eigenvalue weighted by Crippen LogP contribution is -2.35. The molecule has 3 rings (SSSR count). The van der Waals surface area contributed by atoms with Crippen molar-refractivity contribution in [2.75, 3.05) is 13.1 Å². The number of likely N-dealkylation sites (tertiary alicyclic amines) is 1. The molecule has 0 aliphatic carbocycles. The summed E-state index contributed by atoms with van der Waals surface area (Å²) in [7, 11) is 0. The summed E-state index contributed by atoms with van der Waals surface area (Å²) < 4.78 is 0. The largest absolute Gasteiger partial charge is 0.300 e. The minimum absolute atomic E-state index is 0.387. The quantitative estimate of drug-likeness (QED) is 0.815. The number of nitrogens with zero attached hydrogens (tertiary/aromatic N) is 1. The van der Waals surface area contributed by atoms with Gasteiger partial charge >= 0.3 is 0 Å². The van der Waals surface area contributed by atoms with Gasteiger partial charge in [0.1, 0.15) is 5.78 Å². The van der Waals surface area contributed by atoms with Crippen LogP contribution in [-0.2, 0) is 4.79 Å². The number of benzene rings is 2. The second kappa shape index (κ2) is 5.14. The van der Waals surface area contributed by atoms with Crippen LogP contribution in [0.25, 0.3) is 10.8 Å². The van der Waals surface area contributed by atoms with Crippen LogP contribution >= 0.6 is 0 Å². The number of Topliss-reactive ketones (excluding diaryl/α,β-unsaturated/α-hetero) is 1. The van der Waals surface area contributed by atoms with E-state index < -0.39 is 0 Å². The summed E-state index contributed by atoms with van der Waals surface area (Å²) >= 11 is 0. The maximum absolute atomic E-state index is 11.3. The van der Waals surface area contributed by atoms with Crippen LogP contribution < -0.4 is 0 Å². The summed E-state index contributed by atoms with van der Waals surface area (Å²) in [6.45, 7) is 4.03. The number of piperidine rings is 1. The third-order valence-electron chi connectivity index (χ3n) is 4.16. The van der Waals surface area contributed by atoms with Crippen molar-refractivity contribution < 1.29 is 4.79 Å². The number of hydrogen-bond acceptors (Lipinski definition) is 2. The van der Waals surface area contributed by atoms with Crippen LogP contribution in [0, 0.1) is 0 Å². The smallest absolute Gasteiger partial charge is 0.135 e. The van der Waals surface area contributed by atoms with Crippen molar-refractivity contribution in [2.24, 2.45) is 0 Å². The molecule has 1 fully saturated rings. The molecule has 1 unspecified atom stereocenters. The summed E-state index contributed by atoms with van der Waals surface area (Å²) in [4.78, 5) is 13.7. The van der Waals surface area contributed by atoms with Gasteiger partial charge in [-0.3, -0.25) is 9.69 Å². The first-order valence-electron chi connectivity index (χ1n) is 6.98. The molecular weight excluding hydrogens is 234 g/mol. The van der Waals surface area contributed by atoms with E-state index in [0.29, 0.717) is 24.7 Å². The molecule has 19 heavy (non-hydrogen) atoms. The Labute approximate surface area is 114 Å². The van der Waals surface area contributed by atoms with Gasteiger partial charge in [0.25, 0.3) is 0 Å². The highest BCUT2D eigenvalue weighted by atomic mass is 16.1. The number of fused-ring (bicyclic) bond motifs is 1. The van der Waals surface area contributed by atoms with Crippen LogP contribution in [0.1, 0.15) is 31.4 Å². The van der Waals surface area contributed by atoms with Crippen molar-refractivity contribution in [3.8, 4) is 0 Å². The Hall–Kier alpha value is -1.67. The zero-order valence-corrected chi connectivity index (χ0v) is 11.3. The van der Waals surface area contributed by atoms with Crippen LogP contribution in [0.5, 0.6) is 0 Å². The maximum Gasteiger partial charge on any atom is 0.135 e. The Bertz CT molecular complexity index is 595. The average molecular weight is 253 g/mol. The molecule has 1 atom stereocenters. The second-order valence-corrected chi connectivity index (χ2v) is 5.36. The van der Waals surface area contributed by atoms with E-state index >= 15 is 0 Å².